The van der Waals surface area contributed by atoms with E-state index in [1.54, 1.807) is 12.1 Å². The summed E-state index contributed by atoms with van der Waals surface area (Å²) in [7, 11) is 0. The second-order valence-electron chi connectivity index (χ2n) is 3.95. The van der Waals surface area contributed by atoms with E-state index >= 15 is 0 Å². The molecule has 0 saturated carbocycles. The predicted molar refractivity (Wildman–Crippen MR) is 70.0 cm³/mol. The van der Waals surface area contributed by atoms with Gasteiger partial charge < -0.3 is 20.0 Å². The Morgan fingerprint density at radius 1 is 1.20 bits per heavy atom. The maximum absolute atomic E-state index is 11.7. The third kappa shape index (κ3) is 3.58. The molecule has 0 saturated heterocycles. The van der Waals surface area contributed by atoms with E-state index in [9.17, 15) is 14.4 Å². The molecule has 0 atom stereocenters. The van der Waals surface area contributed by atoms with Gasteiger partial charge in [0.2, 0.25) is 5.91 Å². The highest BCUT2D eigenvalue weighted by Gasteiger charge is 2.11. The van der Waals surface area contributed by atoms with Gasteiger partial charge in [0.25, 0.3) is 11.5 Å². The number of nitrogens with one attached hydrogen (secondary N) is 3. The lowest BCUT2D eigenvalue weighted by atomic mass is 10.2. The van der Waals surface area contributed by atoms with E-state index < -0.39 is 11.5 Å². The molecule has 2 amide bonds. The van der Waals surface area contributed by atoms with E-state index in [0.717, 1.165) is 0 Å². The van der Waals surface area contributed by atoms with Crippen LogP contribution in [0.15, 0.2) is 45.9 Å². The fourth-order valence-electron chi connectivity index (χ4n) is 1.52. The fourth-order valence-corrected chi connectivity index (χ4v) is 1.52. The Kier molecular flexibility index (Phi) is 4.33. The Balaban J connectivity index is 1.80. The molecule has 0 aliphatic heterocycles. The fraction of sp³-hybridized carbons (Fsp3) is 0.154. The molecule has 2 heterocycles. The van der Waals surface area contributed by atoms with Gasteiger partial charge >= 0.3 is 0 Å². The van der Waals surface area contributed by atoms with Gasteiger partial charge in [0.05, 0.1) is 19.4 Å². The maximum atomic E-state index is 11.7. The summed E-state index contributed by atoms with van der Waals surface area (Å²) in [6.07, 6.45) is 2.93. The number of carbonyl (C=O) groups excluding carboxylic acids is 2. The first-order valence-corrected chi connectivity index (χ1v) is 5.92. The summed E-state index contributed by atoms with van der Waals surface area (Å²) in [5.41, 5.74) is -0.535. The van der Waals surface area contributed by atoms with Crippen LogP contribution < -0.4 is 16.2 Å². The lowest BCUT2D eigenvalue weighted by Gasteiger charge is -2.05. The molecule has 2 rings (SSSR count). The third-order valence-electron chi connectivity index (χ3n) is 2.51. The summed E-state index contributed by atoms with van der Waals surface area (Å²) < 4.78 is 5.05. The van der Waals surface area contributed by atoms with Crippen LogP contribution in [0.1, 0.15) is 16.1 Å². The molecule has 0 fully saturated rings. The van der Waals surface area contributed by atoms with Crippen LogP contribution in [0.4, 0.5) is 0 Å². The first-order chi connectivity index (χ1) is 9.66. The maximum Gasteiger partial charge on any atom is 0.260 e. The van der Waals surface area contributed by atoms with E-state index in [4.69, 9.17) is 4.42 Å². The quantitative estimate of drug-likeness (QED) is 0.715. The highest BCUT2D eigenvalue weighted by molar-refractivity contribution is 5.96. The van der Waals surface area contributed by atoms with Crippen LogP contribution in [0.5, 0.6) is 0 Å². The van der Waals surface area contributed by atoms with Crippen molar-refractivity contribution in [1.29, 1.82) is 0 Å². The van der Waals surface area contributed by atoms with Crippen molar-refractivity contribution in [2.75, 3.05) is 6.54 Å². The third-order valence-corrected chi connectivity index (χ3v) is 2.51. The van der Waals surface area contributed by atoms with Crippen molar-refractivity contribution in [2.24, 2.45) is 0 Å². The topological polar surface area (TPSA) is 104 Å². The van der Waals surface area contributed by atoms with Crippen molar-refractivity contribution in [2.45, 2.75) is 6.54 Å². The lowest BCUT2D eigenvalue weighted by Crippen LogP contribution is -2.38. The lowest BCUT2D eigenvalue weighted by molar-refractivity contribution is -0.120. The van der Waals surface area contributed by atoms with Crippen molar-refractivity contribution in [3.8, 4) is 0 Å². The average Bonchev–Trinajstić information content (AvgIpc) is 2.96. The van der Waals surface area contributed by atoms with Gasteiger partial charge in [-0.05, 0) is 24.3 Å². The summed E-state index contributed by atoms with van der Waals surface area (Å²) in [5.74, 6) is -0.355. The molecular weight excluding hydrogens is 262 g/mol. The van der Waals surface area contributed by atoms with Gasteiger partial charge in [0.15, 0.2) is 0 Å². The number of H-pyrrole nitrogens is 1. The molecule has 7 heteroatoms. The average molecular weight is 275 g/mol. The van der Waals surface area contributed by atoms with E-state index in [-0.39, 0.29) is 24.6 Å². The van der Waals surface area contributed by atoms with Crippen LogP contribution >= 0.6 is 0 Å². The van der Waals surface area contributed by atoms with Crippen LogP contribution in [0.25, 0.3) is 0 Å². The monoisotopic (exact) mass is 275 g/mol. The number of pyridine rings is 1. The van der Waals surface area contributed by atoms with E-state index in [2.05, 4.69) is 15.6 Å². The van der Waals surface area contributed by atoms with Crippen molar-refractivity contribution >= 4 is 11.8 Å². The molecule has 7 nitrogen and oxygen atoms in total. The molecule has 0 spiro atoms. The van der Waals surface area contributed by atoms with E-state index in [1.807, 2.05) is 0 Å². The molecule has 20 heavy (non-hydrogen) atoms. The molecule has 2 aromatic heterocycles. The van der Waals surface area contributed by atoms with Gasteiger partial charge in [-0.2, -0.15) is 0 Å². The molecule has 104 valence electrons. The first-order valence-electron chi connectivity index (χ1n) is 5.92. The van der Waals surface area contributed by atoms with Gasteiger partial charge in [0, 0.05) is 6.20 Å². The molecule has 0 radical (unpaired) electrons. The van der Waals surface area contributed by atoms with Gasteiger partial charge in [-0.15, -0.1) is 0 Å². The Morgan fingerprint density at radius 2 is 2.05 bits per heavy atom. The summed E-state index contributed by atoms with van der Waals surface area (Å²) in [4.78, 5) is 36.9. The summed E-state index contributed by atoms with van der Waals surface area (Å²) in [6.45, 7) is 0.0293. The zero-order chi connectivity index (χ0) is 14.4. The number of rotatable bonds is 5. The van der Waals surface area contributed by atoms with Gasteiger partial charge in [-0.25, -0.2) is 0 Å². The zero-order valence-corrected chi connectivity index (χ0v) is 10.5. The Morgan fingerprint density at radius 3 is 2.75 bits per heavy atom. The van der Waals surface area contributed by atoms with Crippen LogP contribution in [0.2, 0.25) is 0 Å². The zero-order valence-electron chi connectivity index (χ0n) is 10.5. The molecule has 2 aromatic rings. The van der Waals surface area contributed by atoms with Crippen LogP contribution in [-0.2, 0) is 11.3 Å². The highest BCUT2D eigenvalue weighted by Crippen LogP contribution is 1.98. The number of carbonyl (C=O) groups is 2. The van der Waals surface area contributed by atoms with Gasteiger partial charge in [-0.3, -0.25) is 14.4 Å². The number of aromatic nitrogens is 1. The summed E-state index contributed by atoms with van der Waals surface area (Å²) >= 11 is 0. The van der Waals surface area contributed by atoms with Crippen LogP contribution in [-0.4, -0.2) is 23.3 Å². The Bertz CT molecular complexity index is 646. The minimum atomic E-state index is -0.597. The second-order valence-corrected chi connectivity index (χ2v) is 3.95. The highest BCUT2D eigenvalue weighted by atomic mass is 16.3. The van der Waals surface area contributed by atoms with Crippen molar-refractivity contribution in [1.82, 2.24) is 15.6 Å². The smallest absolute Gasteiger partial charge is 0.260 e. The summed E-state index contributed by atoms with van der Waals surface area (Å²) in [5, 5.41) is 4.94. The van der Waals surface area contributed by atoms with E-state index in [0.29, 0.717) is 5.76 Å². The SMILES string of the molecule is O=C(CNC(=O)c1ccc[nH]c1=O)NCc1ccco1. The molecule has 0 aliphatic carbocycles. The molecule has 3 N–H and O–H groups in total. The van der Waals surface area contributed by atoms with Gasteiger partial charge in [-0.1, -0.05) is 0 Å². The first kappa shape index (κ1) is 13.6. The summed E-state index contributed by atoms with van der Waals surface area (Å²) in [6, 6.07) is 6.36. The van der Waals surface area contributed by atoms with E-state index in [1.165, 1.54) is 24.6 Å². The number of hydrogen-bond donors (Lipinski definition) is 3. The van der Waals surface area contributed by atoms with Crippen molar-refractivity contribution < 1.29 is 14.0 Å². The molecule has 0 unspecified atom stereocenters. The standard InChI is InChI=1S/C13H13N3O4/c17-11(15-7-9-3-2-6-20-9)8-16-13(19)10-4-1-5-14-12(10)18/h1-6H,7-8H2,(H,14,18)(H,15,17)(H,16,19). The minimum Gasteiger partial charge on any atom is -0.467 e. The molecular formula is C13H13N3O4. The van der Waals surface area contributed by atoms with Crippen LogP contribution in [0.3, 0.4) is 0 Å². The largest absolute Gasteiger partial charge is 0.467 e. The normalized spacial score (nSPS) is 10.0. The molecule has 0 aromatic carbocycles. The molecule has 0 aliphatic rings. The van der Waals surface area contributed by atoms with Crippen molar-refractivity contribution in [3.63, 3.8) is 0 Å². The minimum absolute atomic E-state index is 0.0358. The number of hydrogen-bond acceptors (Lipinski definition) is 4. The number of aromatic amines is 1. The second kappa shape index (κ2) is 6.37. The van der Waals surface area contributed by atoms with Crippen molar-refractivity contribution in [3.05, 3.63) is 58.4 Å². The van der Waals surface area contributed by atoms with Crippen LogP contribution in [0, 0.1) is 0 Å². The van der Waals surface area contributed by atoms with Gasteiger partial charge in [0.1, 0.15) is 11.3 Å². The Hall–Kier alpha value is -2.83. The molecule has 0 bridgehead atoms. The number of amides is 2. The predicted octanol–water partition coefficient (Wildman–Crippen LogP) is 0.0141. The number of furan rings is 1. The Labute approximate surface area is 114 Å².